The Balaban J connectivity index is 2.30. The van der Waals surface area contributed by atoms with Crippen LogP contribution in [-0.2, 0) is 9.53 Å². The number of carbonyl (C=O) groups excluding carboxylic acids is 1. The van der Waals surface area contributed by atoms with Crippen molar-refractivity contribution < 1.29 is 9.53 Å². The van der Waals surface area contributed by atoms with Crippen molar-refractivity contribution in [3.63, 3.8) is 0 Å². The minimum absolute atomic E-state index is 0.111. The number of rotatable bonds is 0. The molecule has 2 aliphatic rings. The van der Waals surface area contributed by atoms with Gasteiger partial charge < -0.3 is 4.74 Å². The van der Waals surface area contributed by atoms with E-state index in [2.05, 4.69) is 6.08 Å². The second-order valence-corrected chi connectivity index (χ2v) is 3.77. The molecule has 1 atom stereocenters. The van der Waals surface area contributed by atoms with Gasteiger partial charge in [0.15, 0.2) is 0 Å². The summed E-state index contributed by atoms with van der Waals surface area (Å²) < 4.78 is 5.02. The van der Waals surface area contributed by atoms with E-state index in [-0.39, 0.29) is 5.97 Å². The molecule has 1 aliphatic carbocycles. The molecule has 0 radical (unpaired) electrons. The number of cyclic esters (lactones) is 1. The minimum atomic E-state index is -0.111. The van der Waals surface area contributed by atoms with Gasteiger partial charge in [0.1, 0.15) is 0 Å². The second-order valence-electron chi connectivity index (χ2n) is 3.77. The second kappa shape index (κ2) is 3.36. The first-order valence-electron chi connectivity index (χ1n) is 4.83. The highest BCUT2D eigenvalue weighted by Gasteiger charge is 2.30. The van der Waals surface area contributed by atoms with Crippen molar-refractivity contribution in [3.05, 3.63) is 23.3 Å². The molecule has 2 heteroatoms. The Bertz CT molecular complexity index is 286. The molecule has 2 rings (SSSR count). The van der Waals surface area contributed by atoms with E-state index in [1.165, 1.54) is 5.57 Å². The molecule has 1 unspecified atom stereocenters. The molecule has 0 aromatic heterocycles. The van der Waals surface area contributed by atoms with Crippen molar-refractivity contribution in [1.29, 1.82) is 0 Å². The van der Waals surface area contributed by atoms with Gasteiger partial charge in [0.05, 0.1) is 6.61 Å². The Morgan fingerprint density at radius 1 is 1.54 bits per heavy atom. The van der Waals surface area contributed by atoms with Crippen LogP contribution >= 0.6 is 0 Å². The summed E-state index contributed by atoms with van der Waals surface area (Å²) in [6.45, 7) is 2.64. The first-order chi connectivity index (χ1) is 6.27. The molecular weight excluding hydrogens is 164 g/mol. The average Bonchev–Trinajstić information content (AvgIpc) is 2.39. The molecule has 0 spiro atoms. The van der Waals surface area contributed by atoms with Crippen LogP contribution < -0.4 is 0 Å². The zero-order valence-corrected chi connectivity index (χ0v) is 7.88. The van der Waals surface area contributed by atoms with Crippen LogP contribution in [0.1, 0.15) is 26.2 Å². The van der Waals surface area contributed by atoms with Gasteiger partial charge in [-0.15, -0.1) is 0 Å². The topological polar surface area (TPSA) is 26.3 Å². The summed E-state index contributed by atoms with van der Waals surface area (Å²) in [5.41, 5.74) is 2.08. The highest BCUT2D eigenvalue weighted by Crippen LogP contribution is 2.29. The number of hydrogen-bond donors (Lipinski definition) is 0. The summed E-state index contributed by atoms with van der Waals surface area (Å²) in [5.74, 6) is 0.246. The molecule has 1 heterocycles. The van der Waals surface area contributed by atoms with Crippen molar-refractivity contribution in [3.8, 4) is 0 Å². The molecule has 0 amide bonds. The lowest BCUT2D eigenvalue weighted by Crippen LogP contribution is -2.05. The number of carbonyl (C=O) groups is 1. The Labute approximate surface area is 78.3 Å². The average molecular weight is 178 g/mol. The number of esters is 1. The summed E-state index contributed by atoms with van der Waals surface area (Å²) in [7, 11) is 0. The molecule has 1 aliphatic heterocycles. The van der Waals surface area contributed by atoms with E-state index < -0.39 is 0 Å². The maximum absolute atomic E-state index is 11.3. The number of fused-ring (bicyclic) bond motifs is 1. The fraction of sp³-hybridized carbons (Fsp3) is 0.545. The Kier molecular flexibility index (Phi) is 2.21. The lowest BCUT2D eigenvalue weighted by atomic mass is 9.92. The van der Waals surface area contributed by atoms with Gasteiger partial charge in [0, 0.05) is 11.5 Å². The van der Waals surface area contributed by atoms with E-state index in [0.29, 0.717) is 12.5 Å². The van der Waals surface area contributed by atoms with Gasteiger partial charge >= 0.3 is 5.97 Å². The largest absolute Gasteiger partial charge is 0.462 e. The van der Waals surface area contributed by atoms with E-state index in [4.69, 9.17) is 4.74 Å². The maximum Gasteiger partial charge on any atom is 0.334 e. The zero-order valence-electron chi connectivity index (χ0n) is 7.88. The quantitative estimate of drug-likeness (QED) is 0.532. The summed E-state index contributed by atoms with van der Waals surface area (Å²) in [6, 6.07) is 0. The van der Waals surface area contributed by atoms with E-state index >= 15 is 0 Å². The Hall–Kier alpha value is -1.05. The smallest absolute Gasteiger partial charge is 0.334 e. The molecule has 0 bridgehead atoms. The summed E-state index contributed by atoms with van der Waals surface area (Å²) in [5, 5.41) is 0. The molecule has 0 aromatic carbocycles. The summed E-state index contributed by atoms with van der Waals surface area (Å²) >= 11 is 0. The molecule has 1 fully saturated rings. The third-order valence-corrected chi connectivity index (χ3v) is 2.70. The van der Waals surface area contributed by atoms with E-state index in [1.807, 2.05) is 13.0 Å². The lowest BCUT2D eigenvalue weighted by Gasteiger charge is -2.09. The molecule has 13 heavy (non-hydrogen) atoms. The fourth-order valence-electron chi connectivity index (χ4n) is 1.93. The van der Waals surface area contributed by atoms with E-state index in [9.17, 15) is 4.79 Å². The predicted molar refractivity (Wildman–Crippen MR) is 50.1 cm³/mol. The van der Waals surface area contributed by atoms with Crippen LogP contribution in [-0.4, -0.2) is 12.6 Å². The molecule has 0 saturated carbocycles. The van der Waals surface area contributed by atoms with Crippen molar-refractivity contribution >= 4 is 5.97 Å². The van der Waals surface area contributed by atoms with Crippen molar-refractivity contribution in [1.82, 2.24) is 0 Å². The van der Waals surface area contributed by atoms with Crippen molar-refractivity contribution in [2.75, 3.05) is 6.61 Å². The molecular formula is C11H14O2. The maximum atomic E-state index is 11.3. The summed E-state index contributed by atoms with van der Waals surface area (Å²) in [6.07, 6.45) is 7.55. The van der Waals surface area contributed by atoms with Crippen LogP contribution in [0.2, 0.25) is 0 Å². The van der Waals surface area contributed by atoms with Gasteiger partial charge in [-0.2, -0.15) is 0 Å². The van der Waals surface area contributed by atoms with Crippen LogP contribution in [0.5, 0.6) is 0 Å². The van der Waals surface area contributed by atoms with Gasteiger partial charge in [-0.3, -0.25) is 0 Å². The Morgan fingerprint density at radius 3 is 3.23 bits per heavy atom. The van der Waals surface area contributed by atoms with Gasteiger partial charge in [-0.1, -0.05) is 11.6 Å². The van der Waals surface area contributed by atoms with Crippen molar-refractivity contribution in [2.24, 2.45) is 5.92 Å². The Morgan fingerprint density at radius 2 is 2.38 bits per heavy atom. The highest BCUT2D eigenvalue weighted by molar-refractivity contribution is 5.91. The molecule has 70 valence electrons. The SMILES string of the molecule is CC1=C/CCCC2COC(=O)\C2=C\1. The monoisotopic (exact) mass is 178 g/mol. The van der Waals surface area contributed by atoms with Gasteiger partial charge in [-0.05, 0) is 32.3 Å². The van der Waals surface area contributed by atoms with Crippen LogP contribution in [0, 0.1) is 5.92 Å². The van der Waals surface area contributed by atoms with Crippen LogP contribution in [0.4, 0.5) is 0 Å². The number of allylic oxidation sites excluding steroid dienone is 3. The van der Waals surface area contributed by atoms with E-state index in [0.717, 1.165) is 24.8 Å². The highest BCUT2D eigenvalue weighted by atomic mass is 16.5. The first kappa shape index (κ1) is 8.54. The zero-order chi connectivity index (χ0) is 9.26. The van der Waals surface area contributed by atoms with Crippen molar-refractivity contribution in [2.45, 2.75) is 26.2 Å². The van der Waals surface area contributed by atoms with Gasteiger partial charge in [0.25, 0.3) is 0 Å². The van der Waals surface area contributed by atoms with Crippen LogP contribution in [0.3, 0.4) is 0 Å². The molecule has 2 nitrogen and oxygen atoms in total. The molecule has 1 saturated heterocycles. The minimum Gasteiger partial charge on any atom is -0.462 e. The van der Waals surface area contributed by atoms with Gasteiger partial charge in [0.2, 0.25) is 0 Å². The molecule has 0 N–H and O–H groups in total. The third-order valence-electron chi connectivity index (χ3n) is 2.70. The van der Waals surface area contributed by atoms with Gasteiger partial charge in [-0.25, -0.2) is 4.79 Å². The number of hydrogen-bond acceptors (Lipinski definition) is 2. The normalized spacial score (nSPS) is 36.1. The lowest BCUT2D eigenvalue weighted by molar-refractivity contribution is -0.135. The number of ether oxygens (including phenoxy) is 1. The van der Waals surface area contributed by atoms with Crippen LogP contribution in [0.25, 0.3) is 0 Å². The first-order valence-corrected chi connectivity index (χ1v) is 4.83. The van der Waals surface area contributed by atoms with Crippen LogP contribution in [0.15, 0.2) is 23.3 Å². The predicted octanol–water partition coefficient (Wildman–Crippen LogP) is 2.22. The summed E-state index contributed by atoms with van der Waals surface area (Å²) in [4.78, 5) is 11.3. The van der Waals surface area contributed by atoms with E-state index in [1.54, 1.807) is 0 Å². The third kappa shape index (κ3) is 1.67. The standard InChI is InChI=1S/C11H14O2/c1-8-4-2-3-5-9-7-13-11(12)10(9)6-8/h4,6,9H,2-3,5,7H2,1H3/b8-4-,10-6+. The fourth-order valence-corrected chi connectivity index (χ4v) is 1.93. The molecule has 0 aromatic rings.